The van der Waals surface area contributed by atoms with Gasteiger partial charge in [0, 0.05) is 0 Å². The highest BCUT2D eigenvalue weighted by molar-refractivity contribution is 9.11. The summed E-state index contributed by atoms with van der Waals surface area (Å²) < 4.78 is -0.781. The maximum absolute atomic E-state index is 10.8. The van der Waals surface area contributed by atoms with Gasteiger partial charge in [0.15, 0.2) is 0 Å². The van der Waals surface area contributed by atoms with Gasteiger partial charge in [0.1, 0.15) is 22.6 Å². The van der Waals surface area contributed by atoms with Gasteiger partial charge in [-0.05, 0) is 31.9 Å². The Bertz CT molecular complexity index is 422. The van der Waals surface area contributed by atoms with Crippen LogP contribution in [0.2, 0.25) is 0 Å². The average Bonchev–Trinajstić information content (AvgIpc) is 2.14. The number of hydrogen-bond donors (Lipinski definition) is 4. The Hall–Kier alpha value is -1.28. The fourth-order valence-corrected chi connectivity index (χ4v) is 2.17. The molecule has 1 rings (SSSR count). The average molecular weight is 356 g/mol. The van der Waals surface area contributed by atoms with E-state index in [0.717, 1.165) is 0 Å². The highest BCUT2D eigenvalue weighted by atomic mass is 79.9. The Morgan fingerprint density at radius 1 is 0.812 bits per heavy atom. The van der Waals surface area contributed by atoms with Gasteiger partial charge in [0.2, 0.25) is 0 Å². The highest BCUT2D eigenvalue weighted by Gasteiger charge is 2.28. The molecule has 0 aliphatic carbocycles. The molecule has 0 radical (unpaired) electrons. The van der Waals surface area contributed by atoms with E-state index in [1.54, 1.807) is 0 Å². The van der Waals surface area contributed by atoms with Crippen LogP contribution in [0.4, 0.5) is 0 Å². The second kappa shape index (κ2) is 4.30. The predicted octanol–water partition coefficient (Wildman–Crippen LogP) is 2.02. The van der Waals surface area contributed by atoms with Gasteiger partial charge >= 0.3 is 11.9 Å². The van der Waals surface area contributed by atoms with Crippen LogP contribution in [0.3, 0.4) is 0 Å². The largest absolute Gasteiger partial charge is 0.506 e. The van der Waals surface area contributed by atoms with Crippen LogP contribution < -0.4 is 0 Å². The van der Waals surface area contributed by atoms with Gasteiger partial charge in [-0.3, -0.25) is 0 Å². The number of hydrogen-bond acceptors (Lipinski definition) is 4. The van der Waals surface area contributed by atoms with Gasteiger partial charge in [-0.15, -0.1) is 0 Å². The van der Waals surface area contributed by atoms with Gasteiger partial charge in [0.05, 0.1) is 8.95 Å². The molecule has 1 aromatic carbocycles. The Morgan fingerprint density at radius 2 is 1.06 bits per heavy atom. The number of benzene rings is 1. The van der Waals surface area contributed by atoms with Crippen LogP contribution in [-0.4, -0.2) is 32.4 Å². The normalized spacial score (nSPS) is 10.1. The number of rotatable bonds is 2. The third-order valence-electron chi connectivity index (χ3n) is 1.76. The number of halogens is 2. The fraction of sp³-hybridized carbons (Fsp3) is 0. The first kappa shape index (κ1) is 12.8. The van der Waals surface area contributed by atoms with Crippen molar-refractivity contribution < 1.29 is 30.0 Å². The van der Waals surface area contributed by atoms with E-state index < -0.39 is 43.5 Å². The van der Waals surface area contributed by atoms with Crippen LogP contribution in [0.1, 0.15) is 20.7 Å². The Balaban J connectivity index is 3.77. The molecular formula is C8H4Br2O6. The van der Waals surface area contributed by atoms with Crippen molar-refractivity contribution >= 4 is 43.8 Å². The van der Waals surface area contributed by atoms with Crippen molar-refractivity contribution in [2.75, 3.05) is 0 Å². The molecule has 6 nitrogen and oxygen atoms in total. The molecule has 4 N–H and O–H groups in total. The van der Waals surface area contributed by atoms with E-state index in [4.69, 9.17) is 10.2 Å². The number of carbonyl (C=O) groups is 2. The van der Waals surface area contributed by atoms with Gasteiger partial charge < -0.3 is 20.4 Å². The molecule has 0 spiro atoms. The summed E-state index contributed by atoms with van der Waals surface area (Å²) in [6.45, 7) is 0. The van der Waals surface area contributed by atoms with E-state index in [2.05, 4.69) is 31.9 Å². The minimum absolute atomic E-state index is 0.391. The van der Waals surface area contributed by atoms with Gasteiger partial charge in [-0.25, -0.2) is 9.59 Å². The first-order valence-corrected chi connectivity index (χ1v) is 5.27. The summed E-state index contributed by atoms with van der Waals surface area (Å²) >= 11 is 5.42. The quantitative estimate of drug-likeness (QED) is 0.603. The van der Waals surface area contributed by atoms with Crippen LogP contribution in [-0.2, 0) is 0 Å². The van der Waals surface area contributed by atoms with Crippen molar-refractivity contribution in [2.45, 2.75) is 0 Å². The first-order valence-electron chi connectivity index (χ1n) is 3.68. The number of carboxylic acids is 2. The van der Waals surface area contributed by atoms with E-state index in [0.29, 0.717) is 0 Å². The maximum Gasteiger partial charge on any atom is 0.340 e. The number of aromatic carboxylic acids is 2. The van der Waals surface area contributed by atoms with Crippen molar-refractivity contribution in [3.05, 3.63) is 20.1 Å². The lowest BCUT2D eigenvalue weighted by molar-refractivity contribution is 0.0673. The summed E-state index contributed by atoms with van der Waals surface area (Å²) in [6.07, 6.45) is 0. The number of aromatic hydroxyl groups is 2. The van der Waals surface area contributed by atoms with Crippen LogP contribution in [0, 0.1) is 0 Å². The molecule has 86 valence electrons. The molecule has 0 amide bonds. The smallest absolute Gasteiger partial charge is 0.340 e. The fourth-order valence-electron chi connectivity index (χ4n) is 1.05. The zero-order valence-electron chi connectivity index (χ0n) is 7.36. The minimum atomic E-state index is -1.50. The predicted molar refractivity (Wildman–Crippen MR) is 59.1 cm³/mol. The monoisotopic (exact) mass is 354 g/mol. The SMILES string of the molecule is O=C(O)c1c(O)c(Br)c(C(=O)O)c(O)c1Br. The molecule has 0 atom stereocenters. The molecule has 0 aromatic heterocycles. The summed E-state index contributed by atoms with van der Waals surface area (Å²) in [6, 6.07) is 0. The van der Waals surface area contributed by atoms with E-state index in [9.17, 15) is 19.8 Å². The molecule has 0 unspecified atom stereocenters. The van der Waals surface area contributed by atoms with Gasteiger partial charge in [0.25, 0.3) is 0 Å². The zero-order chi connectivity index (χ0) is 12.6. The van der Waals surface area contributed by atoms with Crippen LogP contribution in [0.15, 0.2) is 8.95 Å². The molecule has 8 heteroatoms. The Labute approximate surface area is 105 Å². The lowest BCUT2D eigenvalue weighted by atomic mass is 10.1. The molecule has 0 aliphatic rings. The van der Waals surface area contributed by atoms with Gasteiger partial charge in [-0.1, -0.05) is 0 Å². The van der Waals surface area contributed by atoms with Crippen molar-refractivity contribution in [3.8, 4) is 11.5 Å². The standard InChI is InChI=1S/C8H4Br2O6/c9-3-1(7(13)14)5(11)4(10)2(6(3)12)8(15)16/h11-12H,(H,13,14)(H,15,16). The Morgan fingerprint density at radius 3 is 1.25 bits per heavy atom. The van der Waals surface area contributed by atoms with E-state index in [1.807, 2.05) is 0 Å². The first-order chi connectivity index (χ1) is 7.29. The molecule has 0 aliphatic heterocycles. The van der Waals surface area contributed by atoms with Crippen molar-refractivity contribution in [1.29, 1.82) is 0 Å². The molecular weight excluding hydrogens is 352 g/mol. The summed E-state index contributed by atoms with van der Waals surface area (Å²) in [5.74, 6) is -4.54. The van der Waals surface area contributed by atoms with E-state index >= 15 is 0 Å². The zero-order valence-corrected chi connectivity index (χ0v) is 10.5. The third kappa shape index (κ3) is 1.85. The van der Waals surface area contributed by atoms with Crippen LogP contribution in [0.5, 0.6) is 11.5 Å². The van der Waals surface area contributed by atoms with Crippen LogP contribution >= 0.6 is 31.9 Å². The molecule has 1 aromatic rings. The molecule has 0 saturated heterocycles. The second-order valence-electron chi connectivity index (χ2n) is 2.69. The summed E-state index contributed by atoms with van der Waals surface area (Å²) in [4.78, 5) is 21.5. The number of carboxylic acid groups (broad SMARTS) is 2. The number of phenols is 2. The summed E-state index contributed by atoms with van der Waals surface area (Å²) in [5.41, 5.74) is -1.23. The van der Waals surface area contributed by atoms with Crippen molar-refractivity contribution in [2.24, 2.45) is 0 Å². The Kier molecular flexibility index (Phi) is 3.44. The van der Waals surface area contributed by atoms with Crippen LogP contribution in [0.25, 0.3) is 0 Å². The second-order valence-corrected chi connectivity index (χ2v) is 4.27. The van der Waals surface area contributed by atoms with E-state index in [1.165, 1.54) is 0 Å². The van der Waals surface area contributed by atoms with Crippen molar-refractivity contribution in [1.82, 2.24) is 0 Å². The molecule has 0 fully saturated rings. The molecule has 0 heterocycles. The lowest BCUT2D eigenvalue weighted by Gasteiger charge is -2.10. The molecule has 0 bridgehead atoms. The molecule has 0 saturated carbocycles. The van der Waals surface area contributed by atoms with E-state index in [-0.39, 0.29) is 0 Å². The highest BCUT2D eigenvalue weighted by Crippen LogP contribution is 2.43. The third-order valence-corrected chi connectivity index (χ3v) is 3.30. The topological polar surface area (TPSA) is 115 Å². The minimum Gasteiger partial charge on any atom is -0.506 e. The maximum atomic E-state index is 10.8. The molecule has 16 heavy (non-hydrogen) atoms. The summed E-state index contributed by atoms with van der Waals surface area (Å²) in [7, 11) is 0. The lowest BCUT2D eigenvalue weighted by Crippen LogP contribution is -2.05. The summed E-state index contributed by atoms with van der Waals surface area (Å²) in [5, 5.41) is 36.5. The van der Waals surface area contributed by atoms with Crippen molar-refractivity contribution in [3.63, 3.8) is 0 Å². The van der Waals surface area contributed by atoms with Gasteiger partial charge in [-0.2, -0.15) is 0 Å².